The molecule has 46 atom stereocenters. The van der Waals surface area contributed by atoms with Crippen LogP contribution in [0.25, 0.3) is 0 Å². The van der Waals surface area contributed by atoms with Crippen LogP contribution in [0.2, 0.25) is 0 Å². The number of carboxylic acid groups (broad SMARTS) is 1. The molecule has 116 heavy (non-hydrogen) atoms. The number of hydrogen-bond donors (Lipinski definition) is 29. The number of carboxylic acids is 1. The summed E-state index contributed by atoms with van der Waals surface area (Å²) in [5, 5.41) is 286. The predicted octanol–water partition coefficient (Wildman–Crippen LogP) is -18.8. The fraction of sp³-hybridized carbons (Fsp3) is 0.923. The largest absolute Gasteiger partial charge is 0.477 e. The standard InChI is InChI=1S/C65H108N4O47/c1-15-33(82)42(91)44(93)60(101-15)111-50-27(13-75)106-57(100-14-28-39(88)51(31(56(97)103-28)68-19(5)78)112-62-47(96)54(38(87)24(10-72)105-62)116-65(64(98)99)7-21(80)35(84)53(115-65)36(85)22(81)8-70)32(69-20(6)79)52(50)113-59-30(67-18(4)77)41(90)48(25(11-73)107-59)110-63-55(114-61-45(94)43(92)34(83)16(2)102-61)46(95)49(26(12-74)108-63)109-58-29(66-17(3)76)40(89)37(86)23(9-71)104-58/h15-16,21-63,70-75,80-97H,7-14H2,1-6H3,(H,66,76)(H,67,77)(H,68,78)(H,69,79)(H,98,99)/t15-,16-,21-,22+,23+,24+,25+,26+,27+,28+,29+,30+,31+,32+,33+,34+,35+,36+,37+,38-,39-,40+,41+,42+,43+,44-,45-,46-,47+,48+,49-,50+,51+,52+,53+,54-,55+,56?,57+,58+,59-,60-,61-,62-,63-,65-/m0/s1. The maximum Gasteiger partial charge on any atom is 0.364 e. The molecular weight excluding hydrogens is 1590 g/mol. The van der Waals surface area contributed by atoms with Gasteiger partial charge in [-0.25, -0.2) is 4.79 Å². The molecule has 0 aliphatic carbocycles. The van der Waals surface area contributed by atoms with Crippen molar-refractivity contribution < 1.29 is 232 Å². The number of hydrogen-bond acceptors (Lipinski definition) is 46. The van der Waals surface area contributed by atoms with Crippen LogP contribution in [0.5, 0.6) is 0 Å². The van der Waals surface area contributed by atoms with E-state index in [2.05, 4.69) is 21.3 Å². The van der Waals surface area contributed by atoms with Gasteiger partial charge in [-0.15, -0.1) is 0 Å². The molecule has 9 aliphatic rings. The summed E-state index contributed by atoms with van der Waals surface area (Å²) in [7, 11) is 0. The van der Waals surface area contributed by atoms with E-state index in [1.54, 1.807) is 0 Å². The van der Waals surface area contributed by atoms with Crippen LogP contribution < -0.4 is 21.3 Å². The average molecular weight is 1700 g/mol. The van der Waals surface area contributed by atoms with Gasteiger partial charge in [-0.05, 0) is 13.8 Å². The molecule has 0 radical (unpaired) electrons. The SMILES string of the molecule is CC(=O)N[C@H]1[C@H](O[C@@H]2[C@@H](NC(C)=O)[C@H](OC[C@H]3OC(O)[C@H](NC(C)=O)[C@@H](O[C@@H]4O[C@H](CO)[C@H](O)[C@H](O[C@]5(C(=O)O)C[C@H](O)[C@@H](O)[C@H]([C@H](O)[C@H](O)CO)O5)[C@H]4O)[C@H]3O)O[C@H](CO)[C@H]2O[C@@H]2O[C@@H](C)[C@@H](O)[C@@H](O)[C@@H]2O)O[C@H](CO)[C@@H](O[C@@H]2O[C@H](CO)[C@H](O[C@H]3O[C@H](CO)[C@@H](O)[C@H](O)[C@H]3NC(C)=O)[C@H](O)[C@H]2O[C@@H]2O[C@@H](C)[C@@H](O)[C@@H](O)[C@@H]2O)[C@@H]1O. The molecule has 9 aliphatic heterocycles. The lowest BCUT2D eigenvalue weighted by molar-refractivity contribution is -0.399. The summed E-state index contributed by atoms with van der Waals surface area (Å²) >= 11 is 0. The minimum atomic E-state index is -3.30. The number of ether oxygens (including phenoxy) is 17. The van der Waals surface area contributed by atoms with Crippen molar-refractivity contribution >= 4 is 29.6 Å². The minimum absolute atomic E-state index is 0.823. The van der Waals surface area contributed by atoms with E-state index in [-0.39, 0.29) is 0 Å². The number of carbonyl (C=O) groups excluding carboxylic acids is 4. The molecule has 0 aromatic heterocycles. The molecule has 0 aromatic rings. The Morgan fingerprint density at radius 1 is 0.371 bits per heavy atom. The highest BCUT2D eigenvalue weighted by Gasteiger charge is 2.63. The maximum absolute atomic E-state index is 13.6. The zero-order chi connectivity index (χ0) is 85.9. The van der Waals surface area contributed by atoms with Crippen LogP contribution in [0.15, 0.2) is 0 Å². The van der Waals surface area contributed by atoms with E-state index in [0.29, 0.717) is 0 Å². The van der Waals surface area contributed by atoms with Gasteiger partial charge >= 0.3 is 5.97 Å². The number of aliphatic carboxylic acids is 1. The van der Waals surface area contributed by atoms with Gasteiger partial charge in [0, 0.05) is 34.1 Å². The van der Waals surface area contributed by atoms with Gasteiger partial charge in [0.1, 0.15) is 207 Å². The van der Waals surface area contributed by atoms with Crippen molar-refractivity contribution in [1.82, 2.24) is 21.3 Å². The fourth-order valence-electron chi connectivity index (χ4n) is 15.0. The van der Waals surface area contributed by atoms with Crippen LogP contribution in [0.3, 0.4) is 0 Å². The van der Waals surface area contributed by atoms with Crippen molar-refractivity contribution in [1.29, 1.82) is 0 Å². The predicted molar refractivity (Wildman–Crippen MR) is 358 cm³/mol. The molecule has 0 saturated carbocycles. The summed E-state index contributed by atoms with van der Waals surface area (Å²) in [5.41, 5.74) is 0. The van der Waals surface area contributed by atoms with E-state index in [9.17, 15) is 152 Å². The lowest BCUT2D eigenvalue weighted by Crippen LogP contribution is -2.72. The van der Waals surface area contributed by atoms with Gasteiger partial charge in [0.25, 0.3) is 5.79 Å². The molecule has 51 nitrogen and oxygen atoms in total. The molecule has 9 saturated heterocycles. The highest BCUT2D eigenvalue weighted by molar-refractivity contribution is 5.76. The Morgan fingerprint density at radius 3 is 1.29 bits per heavy atom. The van der Waals surface area contributed by atoms with Crippen LogP contribution in [0, 0.1) is 0 Å². The molecule has 9 fully saturated rings. The summed E-state index contributed by atoms with van der Waals surface area (Å²) < 4.78 is 102. The first-order valence-electron chi connectivity index (χ1n) is 37.0. The van der Waals surface area contributed by atoms with Gasteiger partial charge in [-0.3, -0.25) is 19.2 Å². The zero-order valence-corrected chi connectivity index (χ0v) is 62.8. The van der Waals surface area contributed by atoms with Crippen LogP contribution in [-0.2, 0) is 104 Å². The Balaban J connectivity index is 1.03. The first-order valence-corrected chi connectivity index (χ1v) is 37.0. The summed E-state index contributed by atoms with van der Waals surface area (Å²) in [6.07, 6.45) is -86.5. The van der Waals surface area contributed by atoms with Gasteiger partial charge in [0.2, 0.25) is 23.6 Å². The van der Waals surface area contributed by atoms with Crippen molar-refractivity contribution in [2.45, 2.75) is 330 Å². The van der Waals surface area contributed by atoms with E-state index in [4.69, 9.17) is 80.5 Å². The number of carbonyl (C=O) groups is 5. The van der Waals surface area contributed by atoms with Gasteiger partial charge in [0.15, 0.2) is 50.3 Å². The summed E-state index contributed by atoms with van der Waals surface area (Å²) in [4.78, 5) is 65.4. The number of aliphatic hydroxyl groups excluding tert-OH is 24. The van der Waals surface area contributed by atoms with Crippen LogP contribution in [-0.4, -0.2) is 485 Å². The number of nitrogens with one attached hydrogen (secondary N) is 4. The Morgan fingerprint density at radius 2 is 0.776 bits per heavy atom. The molecule has 0 spiro atoms. The van der Waals surface area contributed by atoms with Crippen molar-refractivity contribution in [3.8, 4) is 0 Å². The fourth-order valence-corrected chi connectivity index (χ4v) is 15.0. The average Bonchev–Trinajstić information content (AvgIpc) is 0.759. The Labute approximate surface area is 657 Å². The number of rotatable bonds is 30. The first-order chi connectivity index (χ1) is 54.6. The van der Waals surface area contributed by atoms with Gasteiger partial charge in [-0.2, -0.15) is 0 Å². The van der Waals surface area contributed by atoms with E-state index < -0.39 is 364 Å². The topological polar surface area (TPSA) is 796 Å². The normalized spacial score (nSPS) is 48.2. The van der Waals surface area contributed by atoms with E-state index in [0.717, 1.165) is 27.7 Å². The molecule has 0 aromatic carbocycles. The Kier molecular flexibility index (Phi) is 33.6. The van der Waals surface area contributed by atoms with Crippen molar-refractivity contribution in [3.63, 3.8) is 0 Å². The molecule has 9 rings (SSSR count). The highest BCUT2D eigenvalue weighted by atomic mass is 16.8. The highest BCUT2D eigenvalue weighted by Crippen LogP contribution is 2.42. The monoisotopic (exact) mass is 1700 g/mol. The molecule has 670 valence electrons. The van der Waals surface area contributed by atoms with Crippen molar-refractivity contribution in [2.75, 3.05) is 46.2 Å². The van der Waals surface area contributed by atoms with Crippen LogP contribution in [0.4, 0.5) is 0 Å². The second-order valence-corrected chi connectivity index (χ2v) is 29.6. The van der Waals surface area contributed by atoms with Crippen molar-refractivity contribution in [3.05, 3.63) is 0 Å². The lowest BCUT2D eigenvalue weighted by Gasteiger charge is -2.52. The summed E-state index contributed by atoms with van der Waals surface area (Å²) in [6, 6.07) is -7.71. The Hall–Kier alpha value is -4.29. The molecule has 29 N–H and O–H groups in total. The van der Waals surface area contributed by atoms with E-state index >= 15 is 0 Å². The zero-order valence-electron chi connectivity index (χ0n) is 62.8. The maximum atomic E-state index is 13.6. The number of amides is 4. The summed E-state index contributed by atoms with van der Waals surface area (Å²) in [5.74, 6) is -9.24. The molecule has 1 unspecified atom stereocenters. The smallest absolute Gasteiger partial charge is 0.364 e. The molecular formula is C65H108N4O47. The van der Waals surface area contributed by atoms with E-state index in [1.165, 1.54) is 13.8 Å². The second kappa shape index (κ2) is 40.8. The quantitative estimate of drug-likeness (QED) is 0.0318. The number of aliphatic hydroxyl groups is 24. The lowest BCUT2D eigenvalue weighted by atomic mass is 9.90. The van der Waals surface area contributed by atoms with E-state index in [1.807, 2.05) is 0 Å². The third-order valence-corrected chi connectivity index (χ3v) is 21.2. The minimum Gasteiger partial charge on any atom is -0.477 e. The van der Waals surface area contributed by atoms with Crippen LogP contribution in [0.1, 0.15) is 48.0 Å². The molecule has 4 amide bonds. The van der Waals surface area contributed by atoms with Crippen molar-refractivity contribution in [2.24, 2.45) is 0 Å². The first kappa shape index (κ1) is 95.5. The molecule has 0 bridgehead atoms. The molecule has 9 heterocycles. The third-order valence-electron chi connectivity index (χ3n) is 21.2. The van der Waals surface area contributed by atoms with Gasteiger partial charge in [0.05, 0.1) is 64.6 Å². The van der Waals surface area contributed by atoms with Gasteiger partial charge in [-0.1, -0.05) is 0 Å². The van der Waals surface area contributed by atoms with Crippen LogP contribution >= 0.6 is 0 Å². The summed E-state index contributed by atoms with van der Waals surface area (Å²) in [6.45, 7) is -1.84. The molecule has 51 heteroatoms. The second-order valence-electron chi connectivity index (χ2n) is 29.6. The Bertz CT molecular complexity index is 3170. The third kappa shape index (κ3) is 20.8. The van der Waals surface area contributed by atoms with Gasteiger partial charge < -0.3 is 229 Å².